The minimum absolute atomic E-state index is 1.10. The number of thiocarbonyl (C=S) groups is 1. The Morgan fingerprint density at radius 2 is 2.08 bits per heavy atom. The van der Waals surface area contributed by atoms with Crippen molar-refractivity contribution in [3.8, 4) is 0 Å². The summed E-state index contributed by atoms with van der Waals surface area (Å²) in [6, 6.07) is 6.59. The third-order valence-corrected chi connectivity index (χ3v) is 2.84. The highest BCUT2D eigenvalue weighted by Gasteiger charge is 2.12. The van der Waals surface area contributed by atoms with Gasteiger partial charge in [0.1, 0.15) is 0 Å². The molecule has 0 unspecified atom stereocenters. The van der Waals surface area contributed by atoms with Crippen LogP contribution in [0.5, 0.6) is 0 Å². The van der Waals surface area contributed by atoms with Gasteiger partial charge in [-0.15, -0.1) is 0 Å². The molecule has 12 heavy (non-hydrogen) atoms. The molecule has 2 rings (SSSR count). The van der Waals surface area contributed by atoms with E-state index < -0.39 is 0 Å². The van der Waals surface area contributed by atoms with E-state index in [1.807, 2.05) is 0 Å². The molecule has 0 atom stereocenters. The highest BCUT2D eigenvalue weighted by atomic mass is 32.1. The molecule has 1 aliphatic carbocycles. The van der Waals surface area contributed by atoms with Crippen LogP contribution in [0.25, 0.3) is 0 Å². The monoisotopic (exact) mass is 176 g/mol. The Labute approximate surface area is 78.6 Å². The van der Waals surface area contributed by atoms with E-state index in [0.717, 1.165) is 11.3 Å². The summed E-state index contributed by atoms with van der Waals surface area (Å²) in [6.45, 7) is 2.14. The molecule has 0 aromatic heterocycles. The first kappa shape index (κ1) is 7.93. The lowest BCUT2D eigenvalue weighted by Crippen LogP contribution is -2.09. The van der Waals surface area contributed by atoms with Crippen molar-refractivity contribution in [2.24, 2.45) is 0 Å². The van der Waals surface area contributed by atoms with Crippen molar-refractivity contribution in [2.45, 2.75) is 26.2 Å². The van der Waals surface area contributed by atoms with Crippen LogP contribution in [0.3, 0.4) is 0 Å². The van der Waals surface area contributed by atoms with Gasteiger partial charge in [0.2, 0.25) is 0 Å². The van der Waals surface area contributed by atoms with Gasteiger partial charge >= 0.3 is 0 Å². The van der Waals surface area contributed by atoms with Crippen LogP contribution in [-0.4, -0.2) is 4.86 Å². The molecule has 0 saturated heterocycles. The second-order valence-electron chi connectivity index (χ2n) is 3.44. The molecule has 0 heterocycles. The normalized spacial score (nSPS) is 15.9. The van der Waals surface area contributed by atoms with Gasteiger partial charge in [0.25, 0.3) is 0 Å². The molecule has 0 saturated carbocycles. The summed E-state index contributed by atoms with van der Waals surface area (Å²) in [4.78, 5) is 1.15. The van der Waals surface area contributed by atoms with Crippen LogP contribution < -0.4 is 0 Å². The Morgan fingerprint density at radius 1 is 1.25 bits per heavy atom. The minimum Gasteiger partial charge on any atom is -0.0843 e. The van der Waals surface area contributed by atoms with E-state index in [-0.39, 0.29) is 0 Å². The van der Waals surface area contributed by atoms with E-state index in [1.165, 1.54) is 29.5 Å². The SMILES string of the molecule is Cc1ccc2c(c1)CCCC2=S. The third-order valence-electron chi connectivity index (χ3n) is 2.41. The Morgan fingerprint density at radius 3 is 2.92 bits per heavy atom. The zero-order chi connectivity index (χ0) is 8.55. The van der Waals surface area contributed by atoms with Crippen LogP contribution in [0.4, 0.5) is 0 Å². The van der Waals surface area contributed by atoms with E-state index in [0.29, 0.717) is 0 Å². The average molecular weight is 176 g/mol. The molecular weight excluding hydrogens is 164 g/mol. The van der Waals surface area contributed by atoms with E-state index in [9.17, 15) is 0 Å². The summed E-state index contributed by atoms with van der Waals surface area (Å²) >= 11 is 5.30. The van der Waals surface area contributed by atoms with Gasteiger partial charge in [-0.3, -0.25) is 0 Å². The highest BCUT2D eigenvalue weighted by Crippen LogP contribution is 2.22. The maximum Gasteiger partial charge on any atom is 0.0227 e. The lowest BCUT2D eigenvalue weighted by Gasteiger charge is -2.16. The zero-order valence-electron chi connectivity index (χ0n) is 7.26. The lowest BCUT2D eigenvalue weighted by molar-refractivity contribution is 0.846. The van der Waals surface area contributed by atoms with E-state index >= 15 is 0 Å². The van der Waals surface area contributed by atoms with Crippen LogP contribution >= 0.6 is 12.2 Å². The van der Waals surface area contributed by atoms with Crippen molar-refractivity contribution in [1.82, 2.24) is 0 Å². The lowest BCUT2D eigenvalue weighted by atomic mass is 9.90. The molecule has 1 aliphatic rings. The van der Waals surface area contributed by atoms with Gasteiger partial charge in [-0.25, -0.2) is 0 Å². The molecule has 0 radical (unpaired) electrons. The van der Waals surface area contributed by atoms with Crippen molar-refractivity contribution in [1.29, 1.82) is 0 Å². The summed E-state index contributed by atoms with van der Waals surface area (Å²) in [5.41, 5.74) is 4.12. The van der Waals surface area contributed by atoms with Gasteiger partial charge in [-0.05, 0) is 37.3 Å². The van der Waals surface area contributed by atoms with Gasteiger partial charge < -0.3 is 0 Å². The summed E-state index contributed by atoms with van der Waals surface area (Å²) in [5.74, 6) is 0. The number of rotatable bonds is 0. The zero-order valence-corrected chi connectivity index (χ0v) is 8.08. The molecule has 0 N–H and O–H groups in total. The van der Waals surface area contributed by atoms with Crippen molar-refractivity contribution in [3.63, 3.8) is 0 Å². The van der Waals surface area contributed by atoms with Crippen molar-refractivity contribution in [2.75, 3.05) is 0 Å². The molecule has 0 bridgehead atoms. The number of hydrogen-bond acceptors (Lipinski definition) is 1. The first-order valence-electron chi connectivity index (χ1n) is 4.40. The maximum absolute atomic E-state index is 5.30. The number of hydrogen-bond donors (Lipinski definition) is 0. The Bertz CT molecular complexity index is 326. The molecule has 0 aliphatic heterocycles. The summed E-state index contributed by atoms with van der Waals surface area (Å²) in [5, 5.41) is 0. The van der Waals surface area contributed by atoms with Crippen molar-refractivity contribution in [3.05, 3.63) is 34.9 Å². The van der Waals surface area contributed by atoms with Crippen LogP contribution in [0.2, 0.25) is 0 Å². The van der Waals surface area contributed by atoms with Gasteiger partial charge in [0.15, 0.2) is 0 Å². The van der Waals surface area contributed by atoms with E-state index in [2.05, 4.69) is 25.1 Å². The Balaban J connectivity index is 2.53. The fourth-order valence-corrected chi connectivity index (χ4v) is 2.12. The van der Waals surface area contributed by atoms with Gasteiger partial charge in [-0.1, -0.05) is 36.0 Å². The van der Waals surface area contributed by atoms with Gasteiger partial charge in [0.05, 0.1) is 0 Å². The van der Waals surface area contributed by atoms with Crippen molar-refractivity contribution < 1.29 is 0 Å². The molecule has 1 heteroatoms. The topological polar surface area (TPSA) is 0 Å². The summed E-state index contributed by atoms with van der Waals surface area (Å²) in [7, 11) is 0. The Kier molecular flexibility index (Phi) is 1.97. The average Bonchev–Trinajstić information content (AvgIpc) is 2.04. The number of aryl methyl sites for hydroxylation is 2. The smallest absolute Gasteiger partial charge is 0.0227 e. The predicted molar refractivity (Wildman–Crippen MR) is 55.8 cm³/mol. The first-order chi connectivity index (χ1) is 5.77. The minimum atomic E-state index is 1.10. The number of fused-ring (bicyclic) bond motifs is 1. The molecule has 0 fully saturated rings. The molecule has 0 amide bonds. The second-order valence-corrected chi connectivity index (χ2v) is 3.93. The molecular formula is C11H12S. The largest absolute Gasteiger partial charge is 0.0843 e. The first-order valence-corrected chi connectivity index (χ1v) is 4.81. The van der Waals surface area contributed by atoms with E-state index in [4.69, 9.17) is 12.2 Å². The van der Waals surface area contributed by atoms with E-state index in [1.54, 1.807) is 0 Å². The fourth-order valence-electron chi connectivity index (χ4n) is 1.78. The van der Waals surface area contributed by atoms with Gasteiger partial charge in [0, 0.05) is 4.86 Å². The van der Waals surface area contributed by atoms with Crippen LogP contribution in [0, 0.1) is 6.92 Å². The third kappa shape index (κ3) is 1.29. The molecule has 0 spiro atoms. The fraction of sp³-hybridized carbons (Fsp3) is 0.364. The van der Waals surface area contributed by atoms with Crippen LogP contribution in [0.1, 0.15) is 29.5 Å². The number of benzene rings is 1. The Hall–Kier alpha value is -0.690. The summed E-state index contributed by atoms with van der Waals surface area (Å²) < 4.78 is 0. The predicted octanol–water partition coefficient (Wildman–Crippen LogP) is 3.05. The molecule has 62 valence electrons. The molecule has 0 nitrogen and oxygen atoms in total. The highest BCUT2D eigenvalue weighted by molar-refractivity contribution is 7.80. The molecule has 1 aromatic rings. The van der Waals surface area contributed by atoms with Crippen molar-refractivity contribution >= 4 is 17.1 Å². The second kappa shape index (κ2) is 2.98. The standard InChI is InChI=1S/C11H12S/c1-8-5-6-10-9(7-8)3-2-4-11(10)12/h5-7H,2-4H2,1H3. The molecule has 1 aromatic carbocycles. The maximum atomic E-state index is 5.30. The quantitative estimate of drug-likeness (QED) is 0.547. The van der Waals surface area contributed by atoms with Crippen LogP contribution in [-0.2, 0) is 6.42 Å². The van der Waals surface area contributed by atoms with Gasteiger partial charge in [-0.2, -0.15) is 0 Å². The summed E-state index contributed by atoms with van der Waals surface area (Å²) in [6.07, 6.45) is 3.54. The van der Waals surface area contributed by atoms with Crippen LogP contribution in [0.15, 0.2) is 18.2 Å².